The van der Waals surface area contributed by atoms with E-state index in [1.54, 1.807) is 30.1 Å². The predicted octanol–water partition coefficient (Wildman–Crippen LogP) is 1.74. The zero-order valence-electron chi connectivity index (χ0n) is 9.02. The van der Waals surface area contributed by atoms with E-state index in [0.717, 1.165) is 0 Å². The third kappa shape index (κ3) is 5.00. The van der Waals surface area contributed by atoms with E-state index in [4.69, 9.17) is 21.4 Å². The molecule has 1 rings (SSSR count). The molecule has 0 unspecified atom stereocenters. The maximum atomic E-state index is 10.4. The lowest BCUT2D eigenvalue weighted by Gasteiger charge is -2.14. The summed E-state index contributed by atoms with van der Waals surface area (Å²) in [6.07, 6.45) is 0. The molecule has 1 aromatic carbocycles. The number of hydrogen-bond acceptors (Lipinski definition) is 3. The average molecular weight is 244 g/mol. The first-order valence-electron chi connectivity index (χ1n) is 4.86. The fraction of sp³-hybridized carbons (Fsp3) is 0.364. The van der Waals surface area contributed by atoms with Gasteiger partial charge >= 0.3 is 5.97 Å². The average Bonchev–Trinajstić information content (AvgIpc) is 2.16. The number of nitrogens with zero attached hydrogens (tertiary/aromatic N) is 1. The minimum absolute atomic E-state index is 0.0128. The molecule has 0 aliphatic rings. The Labute approximate surface area is 99.4 Å². The van der Waals surface area contributed by atoms with Gasteiger partial charge in [-0.2, -0.15) is 0 Å². The van der Waals surface area contributed by atoms with Gasteiger partial charge in [-0.1, -0.05) is 17.7 Å². The molecular formula is C11H14ClNO3. The molecule has 0 saturated carbocycles. The van der Waals surface area contributed by atoms with Crippen LogP contribution in [-0.4, -0.2) is 42.7 Å². The Morgan fingerprint density at radius 2 is 2.31 bits per heavy atom. The van der Waals surface area contributed by atoms with Crippen LogP contribution in [0.1, 0.15) is 0 Å². The van der Waals surface area contributed by atoms with Gasteiger partial charge in [-0.15, -0.1) is 0 Å². The summed E-state index contributed by atoms with van der Waals surface area (Å²) in [4.78, 5) is 12.1. The van der Waals surface area contributed by atoms with Gasteiger partial charge in [0.05, 0.1) is 6.54 Å². The van der Waals surface area contributed by atoms with Crippen LogP contribution in [0.25, 0.3) is 0 Å². The van der Waals surface area contributed by atoms with Crippen molar-refractivity contribution in [2.24, 2.45) is 0 Å². The molecule has 0 aromatic heterocycles. The van der Waals surface area contributed by atoms with Crippen molar-refractivity contribution < 1.29 is 14.6 Å². The largest absolute Gasteiger partial charge is 0.492 e. The number of ether oxygens (including phenoxy) is 1. The van der Waals surface area contributed by atoms with E-state index in [1.807, 2.05) is 6.07 Å². The summed E-state index contributed by atoms with van der Waals surface area (Å²) in [6, 6.07) is 7.10. The van der Waals surface area contributed by atoms with E-state index in [1.165, 1.54) is 0 Å². The first kappa shape index (κ1) is 12.8. The Hall–Kier alpha value is -1.26. The first-order valence-corrected chi connectivity index (χ1v) is 5.24. The standard InChI is InChI=1S/C11H14ClNO3/c1-13(8-11(14)15)5-6-16-10-4-2-3-9(12)7-10/h2-4,7H,5-6,8H2,1H3,(H,14,15). The van der Waals surface area contributed by atoms with Gasteiger partial charge in [0.1, 0.15) is 12.4 Å². The summed E-state index contributed by atoms with van der Waals surface area (Å²) in [5.74, 6) is -0.151. The van der Waals surface area contributed by atoms with Crippen LogP contribution in [0.2, 0.25) is 5.02 Å². The van der Waals surface area contributed by atoms with Gasteiger partial charge in [0.25, 0.3) is 0 Å². The number of carboxylic acid groups (broad SMARTS) is 1. The second-order valence-electron chi connectivity index (χ2n) is 3.44. The zero-order chi connectivity index (χ0) is 12.0. The molecule has 0 fully saturated rings. The molecule has 5 heteroatoms. The van der Waals surface area contributed by atoms with E-state index in [0.29, 0.717) is 23.9 Å². The van der Waals surface area contributed by atoms with E-state index >= 15 is 0 Å². The Morgan fingerprint density at radius 1 is 1.56 bits per heavy atom. The monoisotopic (exact) mass is 243 g/mol. The fourth-order valence-corrected chi connectivity index (χ4v) is 1.37. The summed E-state index contributed by atoms with van der Waals surface area (Å²) in [5, 5.41) is 9.16. The van der Waals surface area contributed by atoms with Crippen molar-refractivity contribution >= 4 is 17.6 Å². The minimum atomic E-state index is -0.842. The van der Waals surface area contributed by atoms with Crippen molar-refractivity contribution in [2.45, 2.75) is 0 Å². The topological polar surface area (TPSA) is 49.8 Å². The summed E-state index contributed by atoms with van der Waals surface area (Å²) < 4.78 is 5.42. The number of likely N-dealkylation sites (N-methyl/N-ethyl adjacent to an activating group) is 1. The molecule has 0 amide bonds. The van der Waals surface area contributed by atoms with Crippen LogP contribution in [0.3, 0.4) is 0 Å². The van der Waals surface area contributed by atoms with Crippen LogP contribution < -0.4 is 4.74 Å². The molecule has 0 aliphatic carbocycles. The van der Waals surface area contributed by atoms with Gasteiger partial charge in [-0.3, -0.25) is 9.69 Å². The lowest BCUT2D eigenvalue weighted by molar-refractivity contribution is -0.138. The number of rotatable bonds is 6. The lowest BCUT2D eigenvalue weighted by Crippen LogP contribution is -2.29. The van der Waals surface area contributed by atoms with Crippen molar-refractivity contribution in [1.29, 1.82) is 0 Å². The maximum Gasteiger partial charge on any atom is 0.317 e. The van der Waals surface area contributed by atoms with Crippen molar-refractivity contribution in [3.8, 4) is 5.75 Å². The van der Waals surface area contributed by atoms with Crippen LogP contribution in [-0.2, 0) is 4.79 Å². The molecule has 4 nitrogen and oxygen atoms in total. The molecule has 0 bridgehead atoms. The number of benzene rings is 1. The maximum absolute atomic E-state index is 10.4. The highest BCUT2D eigenvalue weighted by Gasteiger charge is 2.03. The van der Waals surface area contributed by atoms with Crippen LogP contribution in [0.4, 0.5) is 0 Å². The second kappa shape index (κ2) is 6.35. The Morgan fingerprint density at radius 3 is 2.94 bits per heavy atom. The van der Waals surface area contributed by atoms with E-state index in [2.05, 4.69) is 0 Å². The summed E-state index contributed by atoms with van der Waals surface area (Å²) in [5.41, 5.74) is 0. The Bertz CT molecular complexity index is 357. The molecule has 0 radical (unpaired) electrons. The highest BCUT2D eigenvalue weighted by atomic mass is 35.5. The van der Waals surface area contributed by atoms with Gasteiger partial charge in [0.15, 0.2) is 0 Å². The van der Waals surface area contributed by atoms with Crippen LogP contribution in [0.5, 0.6) is 5.75 Å². The minimum Gasteiger partial charge on any atom is -0.492 e. The molecule has 16 heavy (non-hydrogen) atoms. The highest BCUT2D eigenvalue weighted by Crippen LogP contribution is 2.16. The third-order valence-corrected chi connectivity index (χ3v) is 2.18. The highest BCUT2D eigenvalue weighted by molar-refractivity contribution is 6.30. The van der Waals surface area contributed by atoms with Crippen molar-refractivity contribution in [3.05, 3.63) is 29.3 Å². The van der Waals surface area contributed by atoms with Gasteiger partial charge in [0.2, 0.25) is 0 Å². The fourth-order valence-electron chi connectivity index (χ4n) is 1.19. The first-order chi connectivity index (χ1) is 7.58. The van der Waals surface area contributed by atoms with Crippen LogP contribution in [0, 0.1) is 0 Å². The molecule has 0 spiro atoms. The number of carbonyl (C=O) groups is 1. The molecule has 0 saturated heterocycles. The van der Waals surface area contributed by atoms with Crippen LogP contribution >= 0.6 is 11.6 Å². The Kier molecular flexibility index (Phi) is 5.08. The molecule has 0 heterocycles. The van der Waals surface area contributed by atoms with Gasteiger partial charge in [0, 0.05) is 11.6 Å². The van der Waals surface area contributed by atoms with Gasteiger partial charge < -0.3 is 9.84 Å². The number of hydrogen-bond donors (Lipinski definition) is 1. The Balaban J connectivity index is 2.27. The lowest BCUT2D eigenvalue weighted by atomic mass is 10.3. The number of aliphatic carboxylic acids is 1. The zero-order valence-corrected chi connectivity index (χ0v) is 9.78. The number of halogens is 1. The second-order valence-corrected chi connectivity index (χ2v) is 3.87. The smallest absolute Gasteiger partial charge is 0.317 e. The summed E-state index contributed by atoms with van der Waals surface area (Å²) in [6.45, 7) is 1.00. The summed E-state index contributed by atoms with van der Waals surface area (Å²) in [7, 11) is 1.73. The molecule has 0 aliphatic heterocycles. The van der Waals surface area contributed by atoms with Crippen molar-refractivity contribution in [2.75, 3.05) is 26.7 Å². The molecular weight excluding hydrogens is 230 g/mol. The SMILES string of the molecule is CN(CCOc1cccc(Cl)c1)CC(=O)O. The quantitative estimate of drug-likeness (QED) is 0.827. The van der Waals surface area contributed by atoms with Crippen LogP contribution in [0.15, 0.2) is 24.3 Å². The van der Waals surface area contributed by atoms with Crippen molar-refractivity contribution in [3.63, 3.8) is 0 Å². The molecule has 1 N–H and O–H groups in total. The van der Waals surface area contributed by atoms with E-state index in [9.17, 15) is 4.79 Å². The molecule has 0 atom stereocenters. The molecule has 88 valence electrons. The third-order valence-electron chi connectivity index (χ3n) is 1.94. The normalized spacial score (nSPS) is 10.4. The van der Waals surface area contributed by atoms with Gasteiger partial charge in [-0.05, 0) is 25.2 Å². The predicted molar refractivity (Wildman–Crippen MR) is 62.1 cm³/mol. The van der Waals surface area contributed by atoms with E-state index < -0.39 is 5.97 Å². The summed E-state index contributed by atoms with van der Waals surface area (Å²) >= 11 is 5.79. The van der Waals surface area contributed by atoms with Crippen molar-refractivity contribution in [1.82, 2.24) is 4.90 Å². The van der Waals surface area contributed by atoms with Gasteiger partial charge in [-0.25, -0.2) is 0 Å². The van der Waals surface area contributed by atoms with E-state index in [-0.39, 0.29) is 6.54 Å². The molecule has 1 aromatic rings. The number of carboxylic acids is 1.